The van der Waals surface area contributed by atoms with E-state index in [4.69, 9.17) is 36.4 Å². The van der Waals surface area contributed by atoms with Crippen LogP contribution in [-0.4, -0.2) is 101 Å². The van der Waals surface area contributed by atoms with Crippen molar-refractivity contribution in [1.29, 1.82) is 0 Å². The second-order valence-electron chi connectivity index (χ2n) is 15.7. The molecule has 0 unspecified atom stereocenters. The lowest BCUT2D eigenvalue weighted by atomic mass is 9.90. The molecule has 17 heteroatoms. The third-order valence-electron chi connectivity index (χ3n) is 10.1. The monoisotopic (exact) mass is 894 g/mol. The Hall–Kier alpha value is -5.94. The quantitative estimate of drug-likeness (QED) is 0.0428. The maximum atomic E-state index is 14.1. The van der Waals surface area contributed by atoms with Crippen LogP contribution in [0.3, 0.4) is 0 Å². The van der Waals surface area contributed by atoms with Crippen molar-refractivity contribution in [2.24, 2.45) is 5.92 Å². The number of nitrogens with zero attached hydrogens (tertiary/aromatic N) is 2. The van der Waals surface area contributed by atoms with E-state index >= 15 is 0 Å². The normalized spacial score (nSPS) is 17.7. The van der Waals surface area contributed by atoms with Gasteiger partial charge in [-0.1, -0.05) is 54.6 Å². The summed E-state index contributed by atoms with van der Waals surface area (Å²) in [4.78, 5) is 83.3. The molecule has 2 radical (unpaired) electrons. The van der Waals surface area contributed by atoms with Crippen LogP contribution < -0.4 is 18.9 Å². The Bertz CT molecular complexity index is 2310. The van der Waals surface area contributed by atoms with E-state index in [-0.39, 0.29) is 67.9 Å². The summed E-state index contributed by atoms with van der Waals surface area (Å²) < 4.78 is 31.6. The van der Waals surface area contributed by atoms with E-state index < -0.39 is 44.7 Å². The highest BCUT2D eigenvalue weighted by molar-refractivity contribution is 8.20. The molecule has 0 aromatic heterocycles. The van der Waals surface area contributed by atoms with Gasteiger partial charge in [-0.05, 0) is 79.9 Å². The fourth-order valence-corrected chi connectivity index (χ4v) is 10.1. The summed E-state index contributed by atoms with van der Waals surface area (Å²) in [6, 6.07) is 28.0. The first-order chi connectivity index (χ1) is 30.1. The SMILES string of the molecule is [B]OC(=O)[C@@]1(SCCN(C(=O)OC(C)(C)C)C(=O)C(=O)c2ccc(OCc3ccc(OC)cc3)c(OCc3ccc(OC)cc3)c2)CN2C(=O)[C@@H](CC(=O)Cc3ccccc3)[C@H]2S1. The van der Waals surface area contributed by atoms with Crippen molar-refractivity contribution in [3.8, 4) is 23.0 Å². The smallest absolute Gasteiger partial charge is 0.417 e. The molecule has 0 aliphatic carbocycles. The second-order valence-corrected chi connectivity index (χ2v) is 18.8. The summed E-state index contributed by atoms with van der Waals surface area (Å²) in [5.41, 5.74) is 1.32. The minimum absolute atomic E-state index is 0.00659. The Balaban J connectivity index is 1.18. The van der Waals surface area contributed by atoms with E-state index in [1.165, 1.54) is 23.1 Å². The lowest BCUT2D eigenvalue weighted by molar-refractivity contribution is -0.152. The number of fused-ring (bicyclic) bond motifs is 1. The van der Waals surface area contributed by atoms with Crippen molar-refractivity contribution in [1.82, 2.24) is 9.80 Å². The minimum Gasteiger partial charge on any atom is -0.542 e. The molecule has 2 fully saturated rings. The fraction of sp³-hybridized carbons (Fsp3) is 0.348. The number of rotatable bonds is 19. The van der Waals surface area contributed by atoms with Crippen molar-refractivity contribution in [2.75, 3.05) is 33.1 Å². The van der Waals surface area contributed by atoms with Crippen molar-refractivity contribution in [3.05, 3.63) is 119 Å². The van der Waals surface area contributed by atoms with Crippen LogP contribution in [0.5, 0.6) is 23.0 Å². The Morgan fingerprint density at radius 3 is 2.00 bits per heavy atom. The van der Waals surface area contributed by atoms with Crippen molar-refractivity contribution < 1.29 is 57.1 Å². The molecule has 14 nitrogen and oxygen atoms in total. The van der Waals surface area contributed by atoms with Gasteiger partial charge in [-0.2, -0.15) is 0 Å². The molecule has 2 heterocycles. The molecular weight excluding hydrogens is 847 g/mol. The lowest BCUT2D eigenvalue weighted by Crippen LogP contribution is -2.57. The first kappa shape index (κ1) is 46.6. The first-order valence-corrected chi connectivity index (χ1v) is 21.8. The number of methoxy groups -OCH3 is 2. The molecule has 6 rings (SSSR count). The predicted octanol–water partition coefficient (Wildman–Crippen LogP) is 6.60. The number of benzene rings is 4. The molecule has 4 aromatic carbocycles. The molecular formula is C46H47BN2O12S2. The molecule has 3 atom stereocenters. The number of ether oxygens (including phenoxy) is 5. The zero-order valence-corrected chi connectivity index (χ0v) is 37.2. The zero-order chi connectivity index (χ0) is 45.3. The Morgan fingerprint density at radius 2 is 1.43 bits per heavy atom. The maximum Gasteiger partial charge on any atom is 0.417 e. The van der Waals surface area contributed by atoms with Crippen LogP contribution in [-0.2, 0) is 48.2 Å². The molecule has 0 bridgehead atoms. The fourth-order valence-electron chi connectivity index (χ4n) is 6.82. The summed E-state index contributed by atoms with van der Waals surface area (Å²) in [5.74, 6) is -2.39. The second kappa shape index (κ2) is 20.5. The molecule has 2 aliphatic rings. The van der Waals surface area contributed by atoms with Gasteiger partial charge in [0.25, 0.3) is 5.78 Å². The number of Topliss-reactive ketones (excluding diaryl/α,β-unsaturated/α-hetero) is 2. The van der Waals surface area contributed by atoms with Gasteiger partial charge in [-0.3, -0.25) is 24.0 Å². The first-order valence-electron chi connectivity index (χ1n) is 20.0. The molecule has 4 aromatic rings. The van der Waals surface area contributed by atoms with Gasteiger partial charge in [0.05, 0.1) is 32.1 Å². The summed E-state index contributed by atoms with van der Waals surface area (Å²) in [5, 5.41) is -0.502. The average Bonchev–Trinajstić information content (AvgIpc) is 3.64. The highest BCUT2D eigenvalue weighted by Gasteiger charge is 2.62. The van der Waals surface area contributed by atoms with Gasteiger partial charge in [0, 0.05) is 30.7 Å². The third kappa shape index (κ3) is 11.6. The molecule has 3 amide bonds. The van der Waals surface area contributed by atoms with Crippen molar-refractivity contribution in [2.45, 2.75) is 61.9 Å². The Labute approximate surface area is 375 Å². The molecule has 0 saturated carbocycles. The largest absolute Gasteiger partial charge is 0.542 e. The van der Waals surface area contributed by atoms with E-state index in [9.17, 15) is 28.8 Å². The van der Waals surface area contributed by atoms with Crippen LogP contribution in [0.2, 0.25) is 0 Å². The number of ketones is 2. The Kier molecular flexibility index (Phi) is 15.2. The maximum absolute atomic E-state index is 14.1. The van der Waals surface area contributed by atoms with E-state index in [1.807, 2.05) is 54.6 Å². The van der Waals surface area contributed by atoms with Crippen LogP contribution in [0.4, 0.5) is 4.79 Å². The molecule has 328 valence electrons. The lowest BCUT2D eigenvalue weighted by Gasteiger charge is -2.41. The summed E-state index contributed by atoms with van der Waals surface area (Å²) >= 11 is 2.14. The molecule has 0 spiro atoms. The molecule has 0 N–H and O–H groups in total. The van der Waals surface area contributed by atoms with E-state index in [1.54, 1.807) is 59.3 Å². The predicted molar refractivity (Wildman–Crippen MR) is 237 cm³/mol. The zero-order valence-electron chi connectivity index (χ0n) is 35.5. The van der Waals surface area contributed by atoms with Crippen molar-refractivity contribution in [3.63, 3.8) is 0 Å². The molecule has 2 saturated heterocycles. The number of hydrogen-bond donors (Lipinski definition) is 0. The summed E-state index contributed by atoms with van der Waals surface area (Å²) in [6.07, 6.45) is -0.921. The van der Waals surface area contributed by atoms with Crippen molar-refractivity contribution >= 4 is 67.0 Å². The van der Waals surface area contributed by atoms with Crippen LogP contribution in [0, 0.1) is 5.92 Å². The van der Waals surface area contributed by atoms with E-state index in [2.05, 4.69) is 0 Å². The summed E-state index contributed by atoms with van der Waals surface area (Å²) in [6.45, 7) is 4.62. The average molecular weight is 895 g/mol. The van der Waals surface area contributed by atoms with Gasteiger partial charge in [-0.25, -0.2) is 9.69 Å². The number of thioether (sulfide) groups is 2. The van der Waals surface area contributed by atoms with E-state index in [0.29, 0.717) is 22.1 Å². The van der Waals surface area contributed by atoms with Gasteiger partial charge < -0.3 is 33.2 Å². The number of carbonyl (C=O) groups excluding carboxylic acids is 6. The van der Waals surface area contributed by atoms with Crippen LogP contribution in [0.25, 0.3) is 0 Å². The number of imide groups is 1. The van der Waals surface area contributed by atoms with Crippen LogP contribution in [0.15, 0.2) is 97.1 Å². The van der Waals surface area contributed by atoms with Crippen LogP contribution in [0.1, 0.15) is 54.2 Å². The molecule has 63 heavy (non-hydrogen) atoms. The number of carbonyl (C=O) groups is 6. The molecule has 2 aliphatic heterocycles. The van der Waals surface area contributed by atoms with Gasteiger partial charge in [-0.15, -0.1) is 23.5 Å². The van der Waals surface area contributed by atoms with Gasteiger partial charge >= 0.3 is 26.0 Å². The minimum atomic E-state index is -1.45. The van der Waals surface area contributed by atoms with Gasteiger partial charge in [0.1, 0.15) is 36.1 Å². The van der Waals surface area contributed by atoms with E-state index in [0.717, 1.165) is 40.2 Å². The number of β-lactam (4-membered cyclic amide) rings is 1. The van der Waals surface area contributed by atoms with Crippen LogP contribution >= 0.6 is 23.5 Å². The Morgan fingerprint density at radius 1 is 0.825 bits per heavy atom. The van der Waals surface area contributed by atoms with Gasteiger partial charge in [0.2, 0.25) is 5.91 Å². The summed E-state index contributed by atoms with van der Waals surface area (Å²) in [7, 11) is 8.52. The van der Waals surface area contributed by atoms with Gasteiger partial charge in [0.15, 0.2) is 15.6 Å². The standard InChI is InChI=1S/C46H47BN2O12S2/c1-45(2,3)60-44(55)48(21-22-62-46(43(54)61-47)28-49-40(52)36(42(49)63-46)25-33(50)23-29-9-7-6-8-10-29)41(53)39(51)32-15-20-37(58-26-30-11-16-34(56-4)17-12-30)38(24-32)59-27-31-13-18-35(57-5)19-14-31/h6-20,24,36,42H,21-23,25-28H2,1-5H3/t36-,42-,46-/m1/s1. The highest BCUT2D eigenvalue weighted by atomic mass is 32.2. The number of amides is 3. The topological polar surface area (TPSA) is 164 Å². The number of hydrogen-bond acceptors (Lipinski definition) is 14. The highest BCUT2D eigenvalue weighted by Crippen LogP contribution is 2.55. The third-order valence-corrected chi connectivity index (χ3v) is 13.4.